The predicted octanol–water partition coefficient (Wildman–Crippen LogP) is 1.21. The Bertz CT molecular complexity index is 325. The summed E-state index contributed by atoms with van der Waals surface area (Å²) in [5.74, 6) is -0.156. The first-order chi connectivity index (χ1) is 7.17. The van der Waals surface area contributed by atoms with Crippen molar-refractivity contribution < 1.29 is 9.90 Å². The number of carbonyl (C=O) groups is 1. The van der Waals surface area contributed by atoms with Crippen molar-refractivity contribution in [3.05, 3.63) is 16.1 Å². The second-order valence-electron chi connectivity index (χ2n) is 3.43. The molecule has 1 atom stereocenters. The van der Waals surface area contributed by atoms with E-state index in [1.54, 1.807) is 13.1 Å². The highest BCUT2D eigenvalue weighted by molar-refractivity contribution is 7.13. The molecule has 15 heavy (non-hydrogen) atoms. The van der Waals surface area contributed by atoms with Crippen molar-refractivity contribution in [1.82, 2.24) is 10.3 Å². The Balaban J connectivity index is 2.58. The van der Waals surface area contributed by atoms with E-state index in [1.165, 1.54) is 11.3 Å². The molecule has 2 N–H and O–H groups in total. The van der Waals surface area contributed by atoms with Crippen LogP contribution in [0.25, 0.3) is 0 Å². The number of aliphatic hydroxyl groups excluding tert-OH is 1. The minimum Gasteiger partial charge on any atom is -0.394 e. The summed E-state index contributed by atoms with van der Waals surface area (Å²) in [5.41, 5.74) is 0. The molecule has 1 aromatic heterocycles. The Morgan fingerprint density at radius 2 is 2.47 bits per heavy atom. The fourth-order valence-corrected chi connectivity index (χ4v) is 2.01. The van der Waals surface area contributed by atoms with Crippen LogP contribution in [0.2, 0.25) is 0 Å². The molecule has 0 radical (unpaired) electrons. The monoisotopic (exact) mass is 228 g/mol. The Kier molecular flexibility index (Phi) is 4.71. The Morgan fingerprint density at radius 1 is 1.73 bits per heavy atom. The molecule has 0 spiro atoms. The number of carbonyl (C=O) groups excluding carboxylic acids is 1. The van der Waals surface area contributed by atoms with Crippen molar-refractivity contribution in [1.29, 1.82) is 0 Å². The molecule has 1 unspecified atom stereocenters. The highest BCUT2D eigenvalue weighted by Gasteiger charge is 2.12. The van der Waals surface area contributed by atoms with Gasteiger partial charge in [0.1, 0.15) is 4.88 Å². The lowest BCUT2D eigenvalue weighted by atomic mass is 10.3. The number of aromatic nitrogens is 1. The molecular weight excluding hydrogens is 212 g/mol. The van der Waals surface area contributed by atoms with Crippen molar-refractivity contribution in [3.8, 4) is 0 Å². The van der Waals surface area contributed by atoms with Gasteiger partial charge in [0.25, 0.3) is 5.91 Å². The number of nitrogens with zero attached hydrogens (tertiary/aromatic N) is 1. The molecular formula is C10H16N2O2S. The summed E-state index contributed by atoms with van der Waals surface area (Å²) < 4.78 is 0. The van der Waals surface area contributed by atoms with Crippen LogP contribution in [-0.4, -0.2) is 28.6 Å². The van der Waals surface area contributed by atoms with E-state index in [2.05, 4.69) is 17.2 Å². The fraction of sp³-hybridized carbons (Fsp3) is 0.600. The lowest BCUT2D eigenvalue weighted by molar-refractivity contribution is 0.0926. The first-order valence-corrected chi connectivity index (χ1v) is 5.85. The van der Waals surface area contributed by atoms with Crippen LogP contribution in [0.5, 0.6) is 0 Å². The van der Waals surface area contributed by atoms with E-state index < -0.39 is 0 Å². The maximum Gasteiger partial charge on any atom is 0.263 e. The number of aliphatic hydroxyl groups is 1. The van der Waals surface area contributed by atoms with Crippen LogP contribution in [0.15, 0.2) is 6.20 Å². The van der Waals surface area contributed by atoms with Crippen molar-refractivity contribution >= 4 is 17.2 Å². The number of aryl methyl sites for hydroxylation is 1. The maximum absolute atomic E-state index is 11.6. The SMILES string of the molecule is CCCc1ncc(C(=O)NC(C)CO)s1. The predicted molar refractivity (Wildman–Crippen MR) is 60.1 cm³/mol. The Labute approximate surface area is 93.4 Å². The van der Waals surface area contributed by atoms with Crippen LogP contribution in [0.4, 0.5) is 0 Å². The number of nitrogens with one attached hydrogen (secondary N) is 1. The van der Waals surface area contributed by atoms with Gasteiger partial charge in [-0.3, -0.25) is 4.79 Å². The minimum absolute atomic E-state index is 0.0492. The van der Waals surface area contributed by atoms with Gasteiger partial charge < -0.3 is 10.4 Å². The second-order valence-corrected chi connectivity index (χ2v) is 4.54. The third-order valence-electron chi connectivity index (χ3n) is 1.89. The molecule has 84 valence electrons. The minimum atomic E-state index is -0.214. The van der Waals surface area contributed by atoms with E-state index in [0.717, 1.165) is 17.8 Å². The van der Waals surface area contributed by atoms with Crippen molar-refractivity contribution in [2.45, 2.75) is 32.7 Å². The Morgan fingerprint density at radius 3 is 3.07 bits per heavy atom. The molecule has 5 heteroatoms. The molecule has 0 aliphatic carbocycles. The molecule has 0 saturated heterocycles. The smallest absolute Gasteiger partial charge is 0.263 e. The number of hydrogen-bond acceptors (Lipinski definition) is 4. The molecule has 0 fully saturated rings. The standard InChI is InChI=1S/C10H16N2O2S/c1-3-4-9-11-5-8(15-9)10(14)12-7(2)6-13/h5,7,13H,3-4,6H2,1-2H3,(H,12,14). The third-order valence-corrected chi connectivity index (χ3v) is 2.95. The van der Waals surface area contributed by atoms with Gasteiger partial charge in [-0.1, -0.05) is 6.92 Å². The van der Waals surface area contributed by atoms with E-state index in [0.29, 0.717) is 4.88 Å². The molecule has 0 bridgehead atoms. The van der Waals surface area contributed by atoms with Gasteiger partial charge in [-0.2, -0.15) is 0 Å². The van der Waals surface area contributed by atoms with Gasteiger partial charge in [-0.15, -0.1) is 11.3 Å². The van der Waals surface area contributed by atoms with Gasteiger partial charge in [0.15, 0.2) is 0 Å². The molecule has 0 aromatic carbocycles. The maximum atomic E-state index is 11.6. The zero-order valence-electron chi connectivity index (χ0n) is 8.99. The summed E-state index contributed by atoms with van der Waals surface area (Å²) in [7, 11) is 0. The van der Waals surface area contributed by atoms with Gasteiger partial charge in [-0.25, -0.2) is 4.98 Å². The highest BCUT2D eigenvalue weighted by atomic mass is 32.1. The van der Waals surface area contributed by atoms with Crippen LogP contribution in [0.1, 0.15) is 34.9 Å². The average Bonchev–Trinajstić information content (AvgIpc) is 2.67. The van der Waals surface area contributed by atoms with Crippen LogP contribution >= 0.6 is 11.3 Å². The summed E-state index contributed by atoms with van der Waals surface area (Å²) in [6.07, 6.45) is 3.53. The van der Waals surface area contributed by atoms with Gasteiger partial charge in [0, 0.05) is 6.04 Å². The van der Waals surface area contributed by atoms with Crippen molar-refractivity contribution in [3.63, 3.8) is 0 Å². The number of hydrogen-bond donors (Lipinski definition) is 2. The van der Waals surface area contributed by atoms with E-state index in [-0.39, 0.29) is 18.6 Å². The molecule has 4 nitrogen and oxygen atoms in total. The number of amides is 1. The van der Waals surface area contributed by atoms with Gasteiger partial charge in [-0.05, 0) is 19.8 Å². The van der Waals surface area contributed by atoms with Crippen LogP contribution in [0.3, 0.4) is 0 Å². The van der Waals surface area contributed by atoms with Crippen molar-refractivity contribution in [2.75, 3.05) is 6.61 Å². The van der Waals surface area contributed by atoms with Gasteiger partial charge >= 0.3 is 0 Å². The quantitative estimate of drug-likeness (QED) is 0.796. The molecule has 0 aliphatic rings. The largest absolute Gasteiger partial charge is 0.394 e. The normalized spacial score (nSPS) is 12.5. The average molecular weight is 228 g/mol. The van der Waals surface area contributed by atoms with Gasteiger partial charge in [0.05, 0.1) is 17.8 Å². The first-order valence-electron chi connectivity index (χ1n) is 5.03. The van der Waals surface area contributed by atoms with E-state index in [9.17, 15) is 4.79 Å². The summed E-state index contributed by atoms with van der Waals surface area (Å²) in [6.45, 7) is 3.78. The lowest BCUT2D eigenvalue weighted by Gasteiger charge is -2.08. The number of rotatable bonds is 5. The summed E-state index contributed by atoms with van der Waals surface area (Å²) in [4.78, 5) is 16.3. The zero-order chi connectivity index (χ0) is 11.3. The van der Waals surface area contributed by atoms with Gasteiger partial charge in [0.2, 0.25) is 0 Å². The number of thiazole rings is 1. The van der Waals surface area contributed by atoms with Crippen LogP contribution in [-0.2, 0) is 6.42 Å². The molecule has 1 rings (SSSR count). The Hall–Kier alpha value is -0.940. The zero-order valence-corrected chi connectivity index (χ0v) is 9.80. The summed E-state index contributed by atoms with van der Waals surface area (Å²) >= 11 is 1.41. The molecule has 0 aliphatic heterocycles. The molecule has 1 amide bonds. The van der Waals surface area contributed by atoms with E-state index in [4.69, 9.17) is 5.11 Å². The molecule has 0 saturated carbocycles. The molecule has 1 heterocycles. The second kappa shape index (κ2) is 5.82. The van der Waals surface area contributed by atoms with Crippen LogP contribution < -0.4 is 5.32 Å². The summed E-state index contributed by atoms with van der Waals surface area (Å²) in [6, 6.07) is -0.214. The lowest BCUT2D eigenvalue weighted by Crippen LogP contribution is -2.34. The molecule has 1 aromatic rings. The van der Waals surface area contributed by atoms with E-state index >= 15 is 0 Å². The summed E-state index contributed by atoms with van der Waals surface area (Å²) in [5, 5.41) is 12.5. The highest BCUT2D eigenvalue weighted by Crippen LogP contribution is 2.14. The topological polar surface area (TPSA) is 62.2 Å². The first kappa shape index (κ1) is 12.1. The van der Waals surface area contributed by atoms with Crippen molar-refractivity contribution in [2.24, 2.45) is 0 Å². The fourth-order valence-electron chi connectivity index (χ4n) is 1.09. The third kappa shape index (κ3) is 3.60. The van der Waals surface area contributed by atoms with Crippen LogP contribution in [0, 0.1) is 0 Å². The van der Waals surface area contributed by atoms with E-state index in [1.807, 2.05) is 0 Å².